The summed E-state index contributed by atoms with van der Waals surface area (Å²) in [5.41, 5.74) is 2.25. The first-order valence-corrected chi connectivity index (χ1v) is 8.87. The van der Waals surface area contributed by atoms with E-state index >= 15 is 0 Å². The molecule has 0 saturated heterocycles. The molecule has 0 bridgehead atoms. The lowest BCUT2D eigenvalue weighted by Gasteiger charge is -2.26. The van der Waals surface area contributed by atoms with Crippen LogP contribution in [0.4, 0.5) is 4.79 Å². The number of hydrogen-bond donors (Lipinski definition) is 4. The van der Waals surface area contributed by atoms with Crippen molar-refractivity contribution in [1.29, 1.82) is 0 Å². The highest BCUT2D eigenvalue weighted by Gasteiger charge is 2.30. The minimum Gasteiger partial charge on any atom is -0.444 e. The van der Waals surface area contributed by atoms with Crippen LogP contribution in [0.15, 0.2) is 30.3 Å². The molecule has 0 unspecified atom stereocenters. The Morgan fingerprint density at radius 3 is 2.11 bits per heavy atom. The van der Waals surface area contributed by atoms with E-state index < -0.39 is 35.6 Å². The van der Waals surface area contributed by atoms with Gasteiger partial charge in [-0.1, -0.05) is 44.2 Å². The third kappa shape index (κ3) is 8.08. The average molecular weight is 378 g/mol. The van der Waals surface area contributed by atoms with Crippen molar-refractivity contribution < 1.29 is 19.1 Å². The number of nitrogens with two attached hydrogens (primary N) is 1. The number of alkyl carbamates (subject to hydrolysis) is 1. The third-order valence-electron chi connectivity index (χ3n) is 3.68. The molecule has 1 aromatic carbocycles. The summed E-state index contributed by atoms with van der Waals surface area (Å²) in [5.74, 6) is 4.03. The van der Waals surface area contributed by atoms with E-state index in [1.165, 1.54) is 0 Å². The van der Waals surface area contributed by atoms with Crippen molar-refractivity contribution in [2.45, 2.75) is 58.7 Å². The second kappa shape index (κ2) is 9.91. The molecule has 0 aliphatic rings. The van der Waals surface area contributed by atoms with Gasteiger partial charge >= 0.3 is 6.09 Å². The quantitative estimate of drug-likeness (QED) is 0.323. The Kier molecular flexibility index (Phi) is 8.24. The maximum Gasteiger partial charge on any atom is 0.408 e. The Balaban J connectivity index is 2.85. The normalized spacial score (nSPS) is 13.4. The Labute approximate surface area is 160 Å². The highest BCUT2D eigenvalue weighted by Crippen LogP contribution is 2.10. The van der Waals surface area contributed by atoms with Crippen molar-refractivity contribution in [2.24, 2.45) is 11.8 Å². The number of carbonyl (C=O) groups is 3. The Morgan fingerprint density at radius 1 is 1.04 bits per heavy atom. The largest absolute Gasteiger partial charge is 0.444 e. The van der Waals surface area contributed by atoms with Gasteiger partial charge in [0.1, 0.15) is 17.7 Å². The topological polar surface area (TPSA) is 123 Å². The van der Waals surface area contributed by atoms with Crippen molar-refractivity contribution in [1.82, 2.24) is 16.1 Å². The highest BCUT2D eigenvalue weighted by molar-refractivity contribution is 5.91. The van der Waals surface area contributed by atoms with E-state index in [9.17, 15) is 14.4 Å². The van der Waals surface area contributed by atoms with E-state index in [0.717, 1.165) is 5.56 Å². The van der Waals surface area contributed by atoms with E-state index in [1.807, 2.05) is 30.3 Å². The molecule has 8 nitrogen and oxygen atoms in total. The zero-order chi connectivity index (χ0) is 20.6. The van der Waals surface area contributed by atoms with Gasteiger partial charge in [0.2, 0.25) is 5.91 Å². The maximum atomic E-state index is 12.7. The summed E-state index contributed by atoms with van der Waals surface area (Å²) >= 11 is 0. The van der Waals surface area contributed by atoms with Gasteiger partial charge in [-0.2, -0.15) is 0 Å². The predicted molar refractivity (Wildman–Crippen MR) is 102 cm³/mol. The molecule has 3 amide bonds. The van der Waals surface area contributed by atoms with E-state index in [4.69, 9.17) is 10.6 Å². The summed E-state index contributed by atoms with van der Waals surface area (Å²) in [6, 6.07) is 7.52. The van der Waals surface area contributed by atoms with Gasteiger partial charge in [-0.25, -0.2) is 10.6 Å². The molecule has 0 aliphatic heterocycles. The predicted octanol–water partition coefficient (Wildman–Crippen LogP) is 1.25. The molecule has 27 heavy (non-hydrogen) atoms. The number of benzene rings is 1. The Bertz CT molecular complexity index is 641. The lowest BCUT2D eigenvalue weighted by atomic mass is 10.0. The fourth-order valence-corrected chi connectivity index (χ4v) is 2.39. The van der Waals surface area contributed by atoms with Crippen LogP contribution in [0, 0.1) is 5.92 Å². The van der Waals surface area contributed by atoms with Gasteiger partial charge in [0, 0.05) is 6.42 Å². The molecule has 5 N–H and O–H groups in total. The van der Waals surface area contributed by atoms with Gasteiger partial charge in [-0.3, -0.25) is 15.0 Å². The second-order valence-corrected chi connectivity index (χ2v) is 7.63. The first-order valence-electron chi connectivity index (χ1n) is 8.87. The molecule has 0 aromatic heterocycles. The summed E-state index contributed by atoms with van der Waals surface area (Å²) in [4.78, 5) is 36.8. The highest BCUT2D eigenvalue weighted by atomic mass is 16.6. The molecule has 0 spiro atoms. The number of hydrogen-bond acceptors (Lipinski definition) is 5. The molecule has 1 aromatic rings. The third-order valence-corrected chi connectivity index (χ3v) is 3.68. The first kappa shape index (κ1) is 22.4. The second-order valence-electron chi connectivity index (χ2n) is 7.63. The van der Waals surface area contributed by atoms with Crippen LogP contribution in [0.25, 0.3) is 0 Å². The fourth-order valence-electron chi connectivity index (χ4n) is 2.39. The fraction of sp³-hybridized carbons (Fsp3) is 0.526. The average Bonchev–Trinajstić information content (AvgIpc) is 2.57. The van der Waals surface area contributed by atoms with Gasteiger partial charge in [0.15, 0.2) is 0 Å². The first-order chi connectivity index (χ1) is 12.5. The molecule has 0 aliphatic carbocycles. The lowest BCUT2D eigenvalue weighted by molar-refractivity contribution is -0.130. The van der Waals surface area contributed by atoms with Crippen molar-refractivity contribution >= 4 is 17.9 Å². The van der Waals surface area contributed by atoms with Gasteiger partial charge in [-0.15, -0.1) is 0 Å². The van der Waals surface area contributed by atoms with E-state index in [-0.39, 0.29) is 12.3 Å². The number of nitrogens with one attached hydrogen (secondary N) is 3. The molecular weight excluding hydrogens is 348 g/mol. The van der Waals surface area contributed by atoms with Gasteiger partial charge in [0.05, 0.1) is 0 Å². The van der Waals surface area contributed by atoms with Crippen molar-refractivity contribution in [3.05, 3.63) is 35.9 Å². The van der Waals surface area contributed by atoms with Crippen LogP contribution in [0.2, 0.25) is 0 Å². The van der Waals surface area contributed by atoms with E-state index in [0.29, 0.717) is 0 Å². The molecule has 150 valence electrons. The molecule has 0 fully saturated rings. The van der Waals surface area contributed by atoms with Gasteiger partial charge in [0.25, 0.3) is 5.91 Å². The number of ether oxygens (including phenoxy) is 1. The van der Waals surface area contributed by atoms with Crippen LogP contribution in [-0.4, -0.2) is 35.6 Å². The number of carbonyl (C=O) groups excluding carboxylic acids is 3. The lowest BCUT2D eigenvalue weighted by Crippen LogP contribution is -2.57. The van der Waals surface area contributed by atoms with Crippen LogP contribution in [0.1, 0.15) is 40.2 Å². The van der Waals surface area contributed by atoms with Gasteiger partial charge < -0.3 is 15.4 Å². The Morgan fingerprint density at radius 2 is 1.63 bits per heavy atom. The van der Waals surface area contributed by atoms with Crippen LogP contribution >= 0.6 is 0 Å². The summed E-state index contributed by atoms with van der Waals surface area (Å²) in [7, 11) is 0. The van der Waals surface area contributed by atoms with Gasteiger partial charge in [-0.05, 0) is 32.3 Å². The van der Waals surface area contributed by atoms with E-state index in [2.05, 4.69) is 16.1 Å². The number of amides is 3. The van der Waals surface area contributed by atoms with Crippen molar-refractivity contribution in [3.8, 4) is 0 Å². The smallest absolute Gasteiger partial charge is 0.408 e. The molecule has 8 heteroatoms. The standard InChI is InChI=1S/C19H30N4O4/c1-12(2)15(22-18(26)27-19(3,4)5)17(25)21-14(16(24)23-20)11-13-9-7-6-8-10-13/h6-10,12,14-15H,11,20H2,1-5H3,(H,21,25)(H,22,26)(H,23,24)/t14-,15-/m0/s1. The summed E-state index contributed by atoms with van der Waals surface area (Å²) in [6.07, 6.45) is -0.424. The van der Waals surface area contributed by atoms with E-state index in [1.54, 1.807) is 34.6 Å². The summed E-state index contributed by atoms with van der Waals surface area (Å²) in [5, 5.41) is 5.23. The molecule has 0 saturated carbocycles. The SMILES string of the molecule is CC(C)[C@H](NC(=O)OC(C)(C)C)C(=O)N[C@@H](Cc1ccccc1)C(=O)NN. The Hall–Kier alpha value is -2.61. The van der Waals surface area contributed by atoms with Crippen molar-refractivity contribution in [3.63, 3.8) is 0 Å². The minimum atomic E-state index is -0.869. The zero-order valence-corrected chi connectivity index (χ0v) is 16.5. The molecule has 0 radical (unpaired) electrons. The minimum absolute atomic E-state index is 0.212. The molecule has 1 rings (SSSR count). The van der Waals surface area contributed by atoms with Crippen molar-refractivity contribution in [2.75, 3.05) is 0 Å². The van der Waals surface area contributed by atoms with Crippen LogP contribution in [0.3, 0.4) is 0 Å². The van der Waals surface area contributed by atoms with Crippen LogP contribution in [0.5, 0.6) is 0 Å². The molecular formula is C19H30N4O4. The molecule has 2 atom stereocenters. The van der Waals surface area contributed by atoms with Crippen LogP contribution < -0.4 is 21.9 Å². The maximum absolute atomic E-state index is 12.7. The summed E-state index contributed by atoms with van der Waals surface area (Å²) < 4.78 is 5.21. The zero-order valence-electron chi connectivity index (χ0n) is 16.5. The number of hydrazine groups is 1. The molecule has 0 heterocycles. The number of rotatable bonds is 7. The van der Waals surface area contributed by atoms with Crippen LogP contribution in [-0.2, 0) is 20.7 Å². The summed E-state index contributed by atoms with van der Waals surface area (Å²) in [6.45, 7) is 8.78. The monoisotopic (exact) mass is 378 g/mol.